The third-order valence-electron chi connectivity index (χ3n) is 7.24. The standard InChI is InChI=1S/C28H32N10O/c1-5-25(39)31-19-8-10-23-22(13-19)33-28(36(23)4)37-12-6-7-20(16-37)32-27-34-24-11-9-21(18-14-29-30-15-18)26(17(2)3)38(24)35-27/h5,8-11,13-15,17,20H,1,6-7,12,16H2,2-4H3,(H,29,30)(H,31,39)(H,32,35). The Morgan fingerprint density at radius 1 is 1.23 bits per heavy atom. The van der Waals surface area contributed by atoms with Gasteiger partial charge < -0.3 is 20.1 Å². The molecule has 5 heterocycles. The number of amides is 1. The molecule has 5 aromatic rings. The van der Waals surface area contributed by atoms with E-state index >= 15 is 0 Å². The third kappa shape index (κ3) is 4.60. The lowest BCUT2D eigenvalue weighted by molar-refractivity contribution is -0.111. The molecule has 39 heavy (non-hydrogen) atoms. The van der Waals surface area contributed by atoms with Crippen molar-refractivity contribution in [3.8, 4) is 11.1 Å². The molecule has 1 fully saturated rings. The smallest absolute Gasteiger partial charge is 0.247 e. The number of hydrogen-bond donors (Lipinski definition) is 3. The lowest BCUT2D eigenvalue weighted by atomic mass is 10.00. The second-order valence-corrected chi connectivity index (χ2v) is 10.3. The summed E-state index contributed by atoms with van der Waals surface area (Å²) in [5, 5.41) is 18.3. The summed E-state index contributed by atoms with van der Waals surface area (Å²) in [6, 6.07) is 10.0. The Hall–Kier alpha value is -4.67. The van der Waals surface area contributed by atoms with Crippen LogP contribution < -0.4 is 15.5 Å². The maximum Gasteiger partial charge on any atom is 0.247 e. The molecular weight excluding hydrogens is 492 g/mol. The number of piperidine rings is 1. The molecule has 1 atom stereocenters. The van der Waals surface area contributed by atoms with E-state index in [1.54, 1.807) is 0 Å². The van der Waals surface area contributed by atoms with Crippen LogP contribution in [0.4, 0.5) is 17.6 Å². The largest absolute Gasteiger partial charge is 0.348 e. The van der Waals surface area contributed by atoms with Gasteiger partial charge in [0.05, 0.1) is 22.9 Å². The number of carbonyl (C=O) groups is 1. The number of pyridine rings is 1. The van der Waals surface area contributed by atoms with Crippen molar-refractivity contribution in [3.05, 3.63) is 61.1 Å². The van der Waals surface area contributed by atoms with Gasteiger partial charge in [-0.1, -0.05) is 20.4 Å². The van der Waals surface area contributed by atoms with Crippen molar-refractivity contribution >= 4 is 40.2 Å². The number of benzene rings is 1. The van der Waals surface area contributed by atoms with Gasteiger partial charge in [0.25, 0.3) is 0 Å². The molecule has 0 radical (unpaired) electrons. The van der Waals surface area contributed by atoms with E-state index in [1.165, 1.54) is 6.08 Å². The molecule has 11 nitrogen and oxygen atoms in total. The van der Waals surface area contributed by atoms with Crippen LogP contribution in [0.5, 0.6) is 0 Å². The molecule has 0 spiro atoms. The predicted octanol–water partition coefficient (Wildman–Crippen LogP) is 4.33. The quantitative estimate of drug-likeness (QED) is 0.271. The second-order valence-electron chi connectivity index (χ2n) is 10.3. The first-order valence-electron chi connectivity index (χ1n) is 13.2. The molecule has 200 valence electrons. The summed E-state index contributed by atoms with van der Waals surface area (Å²) in [6.07, 6.45) is 7.04. The number of nitrogens with zero attached hydrogens (tertiary/aromatic N) is 7. The summed E-state index contributed by atoms with van der Waals surface area (Å²) < 4.78 is 4.05. The first kappa shape index (κ1) is 24.7. The van der Waals surface area contributed by atoms with Gasteiger partial charge in [-0.25, -0.2) is 9.50 Å². The molecule has 1 saturated heterocycles. The van der Waals surface area contributed by atoms with Gasteiger partial charge in [0, 0.05) is 49.2 Å². The molecule has 1 aromatic carbocycles. The average Bonchev–Trinajstić information content (AvgIpc) is 3.67. The van der Waals surface area contributed by atoms with E-state index < -0.39 is 0 Å². The van der Waals surface area contributed by atoms with Crippen LogP contribution >= 0.6 is 0 Å². The fourth-order valence-electron chi connectivity index (χ4n) is 5.43. The van der Waals surface area contributed by atoms with Gasteiger partial charge in [-0.2, -0.15) is 10.1 Å². The van der Waals surface area contributed by atoms with E-state index in [2.05, 4.69) is 56.8 Å². The lowest BCUT2D eigenvalue weighted by Crippen LogP contribution is -2.43. The molecule has 1 unspecified atom stereocenters. The fraction of sp³-hybridized carbons (Fsp3) is 0.321. The second kappa shape index (κ2) is 9.90. The van der Waals surface area contributed by atoms with Crippen LogP contribution in [-0.4, -0.2) is 59.4 Å². The minimum atomic E-state index is -0.241. The van der Waals surface area contributed by atoms with Crippen molar-refractivity contribution in [2.24, 2.45) is 7.05 Å². The third-order valence-corrected chi connectivity index (χ3v) is 7.24. The molecule has 6 rings (SSSR count). The van der Waals surface area contributed by atoms with E-state index in [0.717, 1.165) is 65.4 Å². The van der Waals surface area contributed by atoms with Gasteiger partial charge in [0.15, 0.2) is 5.65 Å². The van der Waals surface area contributed by atoms with Crippen molar-refractivity contribution in [2.75, 3.05) is 28.6 Å². The monoisotopic (exact) mass is 524 g/mol. The minimum absolute atomic E-state index is 0.175. The SMILES string of the molecule is C=CC(=O)Nc1ccc2c(c1)nc(N1CCCC(Nc3nc4ccc(-c5cn[nH]c5)c(C(C)C)n4n3)C1)n2C. The van der Waals surface area contributed by atoms with Gasteiger partial charge in [-0.05, 0) is 55.2 Å². The van der Waals surface area contributed by atoms with E-state index in [-0.39, 0.29) is 17.9 Å². The number of rotatable bonds is 7. The van der Waals surface area contributed by atoms with Crippen LogP contribution in [-0.2, 0) is 11.8 Å². The van der Waals surface area contributed by atoms with Crippen LogP contribution in [0.15, 0.2) is 55.4 Å². The highest BCUT2D eigenvalue weighted by Gasteiger charge is 2.25. The van der Waals surface area contributed by atoms with Gasteiger partial charge >= 0.3 is 0 Å². The number of H-pyrrole nitrogens is 1. The highest BCUT2D eigenvalue weighted by Crippen LogP contribution is 2.30. The van der Waals surface area contributed by atoms with Crippen LogP contribution in [0.2, 0.25) is 0 Å². The molecule has 0 aliphatic carbocycles. The van der Waals surface area contributed by atoms with E-state index in [4.69, 9.17) is 15.1 Å². The Balaban J connectivity index is 1.24. The summed E-state index contributed by atoms with van der Waals surface area (Å²) in [5.74, 6) is 1.54. The molecule has 1 aliphatic heterocycles. The van der Waals surface area contributed by atoms with Crippen LogP contribution in [0, 0.1) is 0 Å². The summed E-state index contributed by atoms with van der Waals surface area (Å²) in [5.41, 5.74) is 6.59. The van der Waals surface area contributed by atoms with Crippen LogP contribution in [0.25, 0.3) is 27.8 Å². The summed E-state index contributed by atoms with van der Waals surface area (Å²) in [4.78, 5) is 23.7. The molecule has 11 heteroatoms. The summed E-state index contributed by atoms with van der Waals surface area (Å²) >= 11 is 0. The molecule has 3 N–H and O–H groups in total. The zero-order valence-corrected chi connectivity index (χ0v) is 22.3. The Morgan fingerprint density at radius 3 is 2.87 bits per heavy atom. The fourth-order valence-corrected chi connectivity index (χ4v) is 5.43. The summed E-state index contributed by atoms with van der Waals surface area (Å²) in [7, 11) is 2.03. The number of imidazole rings is 1. The zero-order chi connectivity index (χ0) is 27.1. The summed E-state index contributed by atoms with van der Waals surface area (Å²) in [6.45, 7) is 9.55. The Bertz CT molecular complexity index is 1660. The number of hydrogen-bond acceptors (Lipinski definition) is 7. The number of aromatic nitrogens is 7. The molecule has 1 aliphatic rings. The zero-order valence-electron chi connectivity index (χ0n) is 22.3. The topological polar surface area (TPSA) is 121 Å². The maximum atomic E-state index is 11.7. The molecule has 1 amide bonds. The Kier molecular flexibility index (Phi) is 6.26. The number of carbonyl (C=O) groups excluding carboxylic acids is 1. The lowest BCUT2D eigenvalue weighted by Gasteiger charge is -2.33. The normalized spacial score (nSPS) is 15.8. The first-order chi connectivity index (χ1) is 18.9. The van der Waals surface area contributed by atoms with Crippen LogP contribution in [0.3, 0.4) is 0 Å². The molecule has 0 saturated carbocycles. The maximum absolute atomic E-state index is 11.7. The van der Waals surface area contributed by atoms with Gasteiger partial charge in [-0.15, -0.1) is 5.10 Å². The van der Waals surface area contributed by atoms with E-state index in [0.29, 0.717) is 11.6 Å². The van der Waals surface area contributed by atoms with E-state index in [1.807, 2.05) is 48.2 Å². The van der Waals surface area contributed by atoms with Crippen LogP contribution in [0.1, 0.15) is 38.3 Å². The highest BCUT2D eigenvalue weighted by atomic mass is 16.1. The first-order valence-corrected chi connectivity index (χ1v) is 13.2. The molecule has 0 bridgehead atoms. The van der Waals surface area contributed by atoms with Gasteiger partial charge in [0.2, 0.25) is 17.8 Å². The van der Waals surface area contributed by atoms with Gasteiger partial charge in [0.1, 0.15) is 0 Å². The number of fused-ring (bicyclic) bond motifs is 2. The minimum Gasteiger partial charge on any atom is -0.348 e. The number of anilines is 3. The predicted molar refractivity (Wildman–Crippen MR) is 153 cm³/mol. The number of nitrogens with one attached hydrogen (secondary N) is 3. The highest BCUT2D eigenvalue weighted by molar-refractivity contribution is 6.00. The van der Waals surface area contributed by atoms with Gasteiger partial charge in [-0.3, -0.25) is 9.89 Å². The average molecular weight is 525 g/mol. The van der Waals surface area contributed by atoms with E-state index in [9.17, 15) is 4.79 Å². The van der Waals surface area contributed by atoms with Crippen molar-refractivity contribution in [2.45, 2.75) is 38.6 Å². The molecular formula is C28H32N10O. The number of aryl methyl sites for hydroxylation is 1. The van der Waals surface area contributed by atoms with Crippen molar-refractivity contribution in [1.29, 1.82) is 0 Å². The van der Waals surface area contributed by atoms with Crippen molar-refractivity contribution < 1.29 is 4.79 Å². The Morgan fingerprint density at radius 2 is 2.10 bits per heavy atom. The number of aromatic amines is 1. The molecule has 4 aromatic heterocycles. The van der Waals surface area contributed by atoms with Crippen molar-refractivity contribution in [1.82, 2.24) is 34.3 Å². The van der Waals surface area contributed by atoms with Crippen molar-refractivity contribution in [3.63, 3.8) is 0 Å². The Labute approximate surface area is 225 Å².